The van der Waals surface area contributed by atoms with Crippen LogP contribution in [0.2, 0.25) is 0 Å². The number of rotatable bonds is 2. The van der Waals surface area contributed by atoms with Gasteiger partial charge in [0.05, 0.1) is 41.5 Å². The number of aryl methyl sites for hydroxylation is 1. The molecule has 4 N–H and O–H groups in total. The number of alkyl halides is 2. The number of halogens is 2. The summed E-state index contributed by atoms with van der Waals surface area (Å²) in [4.78, 5) is 53.9. The molecule has 15 heteroatoms. The third-order valence-electron chi connectivity index (χ3n) is 8.46. The number of likely N-dealkylation sites (tertiary alicyclic amines) is 1. The molecule has 50 heavy (non-hydrogen) atoms. The predicted molar refractivity (Wildman–Crippen MR) is 185 cm³/mol. The average Bonchev–Trinajstić information content (AvgIpc) is 3.37. The van der Waals surface area contributed by atoms with Crippen LogP contribution >= 0.6 is 0 Å². The maximum Gasteiger partial charge on any atom is 0.410 e. The molecule has 1 aromatic carbocycles. The second-order valence-corrected chi connectivity index (χ2v) is 13.8. The minimum Gasteiger partial charge on any atom is -0.477 e. The molecule has 13 nitrogen and oxygen atoms in total. The number of nitrogens with one attached hydrogen (secondary N) is 2. The fraction of sp³-hybridized carbons (Fsp3) is 0.486. The van der Waals surface area contributed by atoms with Crippen LogP contribution in [0, 0.1) is 12.8 Å². The van der Waals surface area contributed by atoms with Gasteiger partial charge in [0.15, 0.2) is 0 Å². The Labute approximate surface area is 289 Å². The number of piperidine rings is 1. The van der Waals surface area contributed by atoms with Crippen LogP contribution < -0.4 is 16.4 Å². The van der Waals surface area contributed by atoms with Crippen molar-refractivity contribution in [1.82, 2.24) is 24.8 Å². The van der Waals surface area contributed by atoms with E-state index in [0.29, 0.717) is 59.0 Å². The summed E-state index contributed by atoms with van der Waals surface area (Å²) in [7, 11) is 1.60. The fourth-order valence-corrected chi connectivity index (χ4v) is 6.03. The standard InChI is InChI=1S/C35H44F2N8O5/c1-20-8-7-13-49-31(39-6)24(17-38)26-15-23(14-21(2)40-26)30(47)43-32-41-25-10-9-22(16-27(25)45(32)18-20)29(46)42-28-11-12-44(19-35(28,36)37)33(48)50-34(3,4)5/h9-10,14-17,20,28H,7-8,11-13,18-19,38H2,1-6H3,(H,42,46)(H,41,43,47)/t20-,28-/m1/s1. The van der Waals surface area contributed by atoms with Crippen molar-refractivity contribution in [3.8, 4) is 0 Å². The van der Waals surface area contributed by atoms with Gasteiger partial charge in [0.1, 0.15) is 5.60 Å². The SMILES string of the molecule is CN=C1OCCC[C@@H](C)Cn2c(nc3ccc(C(=O)N[C@@H]4CCN(C(=O)OC(C)(C)C)CC4(F)F)cc32)NC(=O)c2cc(C)nc(c2)C1=CN. The van der Waals surface area contributed by atoms with Gasteiger partial charge >= 0.3 is 6.09 Å². The molecule has 2 bridgehead atoms. The fourth-order valence-electron chi connectivity index (χ4n) is 6.03. The molecule has 1 fully saturated rings. The van der Waals surface area contributed by atoms with Gasteiger partial charge in [-0.1, -0.05) is 6.92 Å². The molecular formula is C35H44F2N8O5. The van der Waals surface area contributed by atoms with Crippen molar-refractivity contribution < 1.29 is 32.6 Å². The molecule has 2 atom stereocenters. The minimum absolute atomic E-state index is 0.00210. The molecule has 4 heterocycles. The van der Waals surface area contributed by atoms with E-state index in [4.69, 9.17) is 15.2 Å². The highest BCUT2D eigenvalue weighted by Gasteiger charge is 2.47. The van der Waals surface area contributed by atoms with Crippen molar-refractivity contribution in [3.05, 3.63) is 59.0 Å². The van der Waals surface area contributed by atoms with Gasteiger partial charge in [0.25, 0.3) is 17.7 Å². The number of imidazole rings is 1. The summed E-state index contributed by atoms with van der Waals surface area (Å²) in [6.45, 7) is 8.73. The van der Waals surface area contributed by atoms with Crippen LogP contribution in [-0.2, 0) is 16.0 Å². The van der Waals surface area contributed by atoms with E-state index in [1.165, 1.54) is 12.3 Å². The summed E-state index contributed by atoms with van der Waals surface area (Å²) >= 11 is 0. The van der Waals surface area contributed by atoms with Crippen LogP contribution in [0.5, 0.6) is 0 Å². The summed E-state index contributed by atoms with van der Waals surface area (Å²) in [6.07, 6.45) is 1.81. The summed E-state index contributed by atoms with van der Waals surface area (Å²) < 4.78 is 43.5. The molecule has 2 aromatic heterocycles. The van der Waals surface area contributed by atoms with E-state index in [-0.39, 0.29) is 30.4 Å². The van der Waals surface area contributed by atoms with Gasteiger partial charge in [-0.15, -0.1) is 0 Å². The zero-order chi connectivity index (χ0) is 36.4. The molecule has 3 amide bonds. The number of hydrogen-bond donors (Lipinski definition) is 3. The highest BCUT2D eigenvalue weighted by atomic mass is 19.3. The van der Waals surface area contributed by atoms with E-state index in [2.05, 4.69) is 25.6 Å². The quantitative estimate of drug-likeness (QED) is 0.332. The summed E-state index contributed by atoms with van der Waals surface area (Å²) in [5.41, 5.74) is 8.10. The third kappa shape index (κ3) is 8.20. The molecule has 0 aliphatic carbocycles. The lowest BCUT2D eigenvalue weighted by Gasteiger charge is -2.38. The molecular weight excluding hydrogens is 650 g/mol. The van der Waals surface area contributed by atoms with E-state index in [9.17, 15) is 14.4 Å². The van der Waals surface area contributed by atoms with Gasteiger partial charge in [0.2, 0.25) is 11.8 Å². The molecule has 0 unspecified atom stereocenters. The lowest BCUT2D eigenvalue weighted by atomic mass is 10.0. The number of amides is 3. The molecule has 0 saturated carbocycles. The molecule has 2 aliphatic rings. The molecule has 268 valence electrons. The van der Waals surface area contributed by atoms with Crippen LogP contribution in [0.3, 0.4) is 0 Å². The number of carbonyl (C=O) groups is 3. The molecule has 2 aliphatic heterocycles. The number of nitrogens with two attached hydrogens (primary N) is 1. The van der Waals surface area contributed by atoms with E-state index in [1.807, 2.05) is 11.5 Å². The van der Waals surface area contributed by atoms with Crippen LogP contribution in [-0.4, -0.2) is 87.5 Å². The molecule has 0 radical (unpaired) electrons. The number of fused-ring (bicyclic) bond motifs is 5. The number of nitrogens with zero attached hydrogens (tertiary/aromatic N) is 5. The Hall–Kier alpha value is -5.08. The lowest BCUT2D eigenvalue weighted by Crippen LogP contribution is -2.59. The average molecular weight is 695 g/mol. The van der Waals surface area contributed by atoms with Crippen molar-refractivity contribution in [2.24, 2.45) is 16.6 Å². The van der Waals surface area contributed by atoms with Crippen molar-refractivity contribution in [1.29, 1.82) is 0 Å². The third-order valence-corrected chi connectivity index (χ3v) is 8.46. The van der Waals surface area contributed by atoms with Crippen molar-refractivity contribution in [3.63, 3.8) is 0 Å². The number of aliphatic imine (C=N–C) groups is 1. The molecule has 5 rings (SSSR count). The topological polar surface area (TPSA) is 166 Å². The van der Waals surface area contributed by atoms with Crippen molar-refractivity contribution in [2.45, 2.75) is 78.0 Å². The number of anilines is 1. The highest BCUT2D eigenvalue weighted by molar-refractivity contribution is 6.19. The second kappa shape index (κ2) is 14.4. The first-order valence-corrected chi connectivity index (χ1v) is 16.6. The number of pyridine rings is 1. The van der Waals surface area contributed by atoms with E-state index >= 15 is 8.78 Å². The summed E-state index contributed by atoms with van der Waals surface area (Å²) in [5.74, 6) is -3.86. The van der Waals surface area contributed by atoms with Crippen LogP contribution in [0.25, 0.3) is 16.6 Å². The number of hydrogen-bond acceptors (Lipinski definition) is 9. The first-order valence-electron chi connectivity index (χ1n) is 16.6. The van der Waals surface area contributed by atoms with Crippen LogP contribution in [0.4, 0.5) is 19.5 Å². The number of aromatic nitrogens is 3. The molecule has 3 aromatic rings. The predicted octanol–water partition coefficient (Wildman–Crippen LogP) is 5.14. The smallest absolute Gasteiger partial charge is 0.410 e. The van der Waals surface area contributed by atoms with Crippen LogP contribution in [0.15, 0.2) is 41.5 Å². The molecule has 0 spiro atoms. The van der Waals surface area contributed by atoms with Crippen molar-refractivity contribution in [2.75, 3.05) is 32.1 Å². The lowest BCUT2D eigenvalue weighted by molar-refractivity contribution is -0.0889. The number of benzene rings is 1. The van der Waals surface area contributed by atoms with Gasteiger partial charge < -0.3 is 30.0 Å². The largest absolute Gasteiger partial charge is 0.477 e. The van der Waals surface area contributed by atoms with Gasteiger partial charge in [-0.05, 0) is 83.2 Å². The van der Waals surface area contributed by atoms with Crippen LogP contribution in [0.1, 0.15) is 79.1 Å². The van der Waals surface area contributed by atoms with Gasteiger partial charge in [-0.2, -0.15) is 0 Å². The van der Waals surface area contributed by atoms with E-state index < -0.39 is 42.0 Å². The number of carbonyl (C=O) groups excluding carboxylic acids is 3. The number of ether oxygens (including phenoxy) is 2. The normalized spacial score (nSPS) is 21.8. The Bertz CT molecular complexity index is 1850. The zero-order valence-corrected chi connectivity index (χ0v) is 29.2. The zero-order valence-electron chi connectivity index (χ0n) is 29.2. The first kappa shape index (κ1) is 36.2. The maximum absolute atomic E-state index is 15.2. The monoisotopic (exact) mass is 694 g/mol. The summed E-state index contributed by atoms with van der Waals surface area (Å²) in [5, 5.41) is 5.39. The van der Waals surface area contributed by atoms with Gasteiger partial charge in [-0.3, -0.25) is 24.9 Å². The summed E-state index contributed by atoms with van der Waals surface area (Å²) in [6, 6.07) is 6.46. The Morgan fingerprint density at radius 1 is 1.20 bits per heavy atom. The highest BCUT2D eigenvalue weighted by Crippen LogP contribution is 2.30. The Morgan fingerprint density at radius 2 is 1.96 bits per heavy atom. The Kier molecular flexibility index (Phi) is 10.4. The Morgan fingerprint density at radius 3 is 2.64 bits per heavy atom. The van der Waals surface area contributed by atoms with Gasteiger partial charge in [0, 0.05) is 43.2 Å². The molecule has 1 saturated heterocycles. The maximum atomic E-state index is 15.2. The van der Waals surface area contributed by atoms with E-state index in [1.54, 1.807) is 59.0 Å². The second-order valence-electron chi connectivity index (χ2n) is 13.8. The van der Waals surface area contributed by atoms with Gasteiger partial charge in [-0.25, -0.2) is 18.6 Å². The first-order chi connectivity index (χ1) is 23.6. The minimum atomic E-state index is -3.38. The van der Waals surface area contributed by atoms with E-state index in [0.717, 1.165) is 11.3 Å². The van der Waals surface area contributed by atoms with Crippen molar-refractivity contribution >= 4 is 46.4 Å². The Balaban J connectivity index is 1.42.